The van der Waals surface area contributed by atoms with Crippen LogP contribution in [-0.2, 0) is 23.8 Å². The molecule has 3 rings (SSSR count). The van der Waals surface area contributed by atoms with E-state index in [4.69, 9.17) is 14.2 Å². The van der Waals surface area contributed by atoms with Gasteiger partial charge in [-0.15, -0.1) is 0 Å². The van der Waals surface area contributed by atoms with Crippen LogP contribution in [0.25, 0.3) is 0 Å². The van der Waals surface area contributed by atoms with E-state index in [2.05, 4.69) is 0 Å². The van der Waals surface area contributed by atoms with Gasteiger partial charge in [-0.1, -0.05) is 26.8 Å². The number of hydrogen-bond acceptors (Lipinski definition) is 6. The summed E-state index contributed by atoms with van der Waals surface area (Å²) >= 11 is 0. The maximum atomic E-state index is 12.6. The Morgan fingerprint density at radius 1 is 1.18 bits per heavy atom. The van der Waals surface area contributed by atoms with Crippen LogP contribution in [0.2, 0.25) is 0 Å². The number of aliphatic hydroxyl groups is 1. The second-order valence-electron chi connectivity index (χ2n) is 9.63. The van der Waals surface area contributed by atoms with Crippen LogP contribution in [0.4, 0.5) is 0 Å². The highest BCUT2D eigenvalue weighted by atomic mass is 16.6. The lowest BCUT2D eigenvalue weighted by atomic mass is 9.66. The third-order valence-corrected chi connectivity index (χ3v) is 7.46. The van der Waals surface area contributed by atoms with Gasteiger partial charge in [0.2, 0.25) is 0 Å². The summed E-state index contributed by atoms with van der Waals surface area (Å²) in [5.41, 5.74) is -1.54. The number of ether oxygens (including phenoxy) is 3. The summed E-state index contributed by atoms with van der Waals surface area (Å²) < 4.78 is 17.7. The quantitative estimate of drug-likeness (QED) is 0.448. The average molecular weight is 395 g/mol. The topological polar surface area (TPSA) is 85.4 Å². The molecule has 6 nitrogen and oxygen atoms in total. The second-order valence-corrected chi connectivity index (χ2v) is 9.63. The van der Waals surface area contributed by atoms with Crippen molar-refractivity contribution in [2.45, 2.75) is 97.2 Å². The molecular weight excluding hydrogens is 360 g/mol. The number of epoxide rings is 1. The van der Waals surface area contributed by atoms with Gasteiger partial charge < -0.3 is 19.3 Å². The van der Waals surface area contributed by atoms with Crippen molar-refractivity contribution in [1.82, 2.24) is 0 Å². The van der Waals surface area contributed by atoms with Crippen molar-refractivity contribution in [1.29, 1.82) is 0 Å². The molecule has 1 heterocycles. The first-order valence-electron chi connectivity index (χ1n) is 10.3. The zero-order chi connectivity index (χ0) is 21.1. The molecule has 1 saturated heterocycles. The van der Waals surface area contributed by atoms with E-state index in [1.165, 1.54) is 6.92 Å². The van der Waals surface area contributed by atoms with Crippen molar-refractivity contribution in [3.8, 4) is 0 Å². The minimum Gasteiger partial charge on any atom is -0.459 e. The molecule has 0 radical (unpaired) electrons. The first kappa shape index (κ1) is 21.3. The third-order valence-electron chi connectivity index (χ3n) is 7.46. The first-order valence-corrected chi connectivity index (χ1v) is 10.3. The largest absolute Gasteiger partial charge is 0.459 e. The maximum absolute atomic E-state index is 12.6. The first-order chi connectivity index (χ1) is 12.9. The molecule has 3 aliphatic rings. The molecule has 2 aliphatic carbocycles. The monoisotopic (exact) mass is 394 g/mol. The van der Waals surface area contributed by atoms with Crippen molar-refractivity contribution in [3.63, 3.8) is 0 Å². The van der Waals surface area contributed by atoms with E-state index in [1.54, 1.807) is 19.9 Å². The van der Waals surface area contributed by atoms with Crippen LogP contribution in [0, 0.1) is 17.3 Å². The Kier molecular flexibility index (Phi) is 5.20. The smallest absolute Gasteiger partial charge is 0.333 e. The van der Waals surface area contributed by atoms with Crippen molar-refractivity contribution in [2.24, 2.45) is 17.3 Å². The van der Waals surface area contributed by atoms with Crippen LogP contribution < -0.4 is 0 Å². The predicted molar refractivity (Wildman–Crippen MR) is 103 cm³/mol. The highest BCUT2D eigenvalue weighted by Gasteiger charge is 2.73. The summed E-state index contributed by atoms with van der Waals surface area (Å²) in [5.74, 6) is -1.10. The number of carbonyl (C=O) groups is 2. The number of allylic oxidation sites excluding steroid dienone is 1. The van der Waals surface area contributed by atoms with Crippen LogP contribution >= 0.6 is 0 Å². The van der Waals surface area contributed by atoms with E-state index in [0.717, 1.165) is 0 Å². The zero-order valence-corrected chi connectivity index (χ0v) is 18.1. The molecule has 28 heavy (non-hydrogen) atoms. The number of fused-ring (bicyclic) bond motifs is 2. The standard InChI is InChI=1S/C22H34O6/c1-8-13(4)19(24)27-15-11-21(7)18(28-21)17(26-14(5)23)20(6)9-10-22(25,12(2)3)16(15)20/h8,12,15-18,25H,9-11H2,1-7H3/b13-8-/t15-,16+,17+,18-,20-,21+,22+/m0/s1. The molecule has 0 aromatic rings. The second kappa shape index (κ2) is 6.84. The van der Waals surface area contributed by atoms with E-state index in [-0.39, 0.29) is 29.9 Å². The Labute approximate surface area is 167 Å². The third kappa shape index (κ3) is 3.18. The molecule has 7 atom stereocenters. The number of carbonyl (C=O) groups excluding carboxylic acids is 2. The molecule has 2 saturated carbocycles. The summed E-state index contributed by atoms with van der Waals surface area (Å²) in [6.07, 6.45) is 2.22. The number of rotatable bonds is 4. The molecule has 158 valence electrons. The van der Waals surface area contributed by atoms with Gasteiger partial charge in [0.15, 0.2) is 0 Å². The molecular formula is C22H34O6. The number of esters is 2. The summed E-state index contributed by atoms with van der Waals surface area (Å²) in [6, 6.07) is 0. The van der Waals surface area contributed by atoms with Gasteiger partial charge in [0.1, 0.15) is 18.3 Å². The fourth-order valence-electron chi connectivity index (χ4n) is 5.56. The normalized spacial score (nSPS) is 45.1. The van der Waals surface area contributed by atoms with Crippen LogP contribution in [0.3, 0.4) is 0 Å². The zero-order valence-electron chi connectivity index (χ0n) is 18.1. The van der Waals surface area contributed by atoms with Crippen molar-refractivity contribution in [3.05, 3.63) is 11.6 Å². The molecule has 1 N–H and O–H groups in total. The molecule has 3 fully saturated rings. The lowest BCUT2D eigenvalue weighted by Crippen LogP contribution is -2.54. The fraction of sp³-hybridized carbons (Fsp3) is 0.818. The molecule has 0 amide bonds. The van der Waals surface area contributed by atoms with Gasteiger partial charge in [-0.3, -0.25) is 4.79 Å². The van der Waals surface area contributed by atoms with Gasteiger partial charge in [-0.25, -0.2) is 4.79 Å². The molecule has 1 aliphatic heterocycles. The minimum absolute atomic E-state index is 0.0236. The summed E-state index contributed by atoms with van der Waals surface area (Å²) in [5, 5.41) is 11.7. The fourth-order valence-corrected chi connectivity index (χ4v) is 5.56. The van der Waals surface area contributed by atoms with Crippen molar-refractivity contribution < 1.29 is 28.9 Å². The summed E-state index contributed by atoms with van der Waals surface area (Å²) in [4.78, 5) is 24.5. The molecule has 0 unspecified atom stereocenters. The van der Waals surface area contributed by atoms with E-state index < -0.39 is 28.8 Å². The van der Waals surface area contributed by atoms with Crippen LogP contribution in [-0.4, -0.2) is 46.6 Å². The Hall–Kier alpha value is -1.40. The van der Waals surface area contributed by atoms with Gasteiger partial charge in [0, 0.05) is 30.3 Å². The van der Waals surface area contributed by atoms with Crippen LogP contribution in [0.5, 0.6) is 0 Å². The SMILES string of the molecule is C/C=C(/C)C(=O)O[C@H]1C[C@@]2(C)O[C@H]2[C@@H](OC(C)=O)[C@@]2(C)CC[C@@](O)(C(C)C)[C@H]12. The van der Waals surface area contributed by atoms with Gasteiger partial charge in [0.25, 0.3) is 0 Å². The molecule has 6 heteroatoms. The molecule has 0 aromatic carbocycles. The lowest BCUT2D eigenvalue weighted by Gasteiger charge is -2.45. The predicted octanol–water partition coefficient (Wildman–Crippen LogP) is 3.16. The minimum atomic E-state index is -1.00. The Morgan fingerprint density at radius 3 is 2.36 bits per heavy atom. The summed E-state index contributed by atoms with van der Waals surface area (Å²) in [6.45, 7) is 12.9. The summed E-state index contributed by atoms with van der Waals surface area (Å²) in [7, 11) is 0. The lowest BCUT2D eigenvalue weighted by molar-refractivity contribution is -0.181. The molecule has 0 spiro atoms. The van der Waals surface area contributed by atoms with Crippen LogP contribution in [0.1, 0.15) is 67.7 Å². The molecule has 0 bridgehead atoms. The van der Waals surface area contributed by atoms with Crippen molar-refractivity contribution >= 4 is 11.9 Å². The molecule has 0 aromatic heterocycles. The Bertz CT molecular complexity index is 699. The van der Waals surface area contributed by atoms with E-state index in [0.29, 0.717) is 24.8 Å². The van der Waals surface area contributed by atoms with Gasteiger partial charge in [-0.2, -0.15) is 0 Å². The Morgan fingerprint density at radius 2 is 1.82 bits per heavy atom. The van der Waals surface area contributed by atoms with Crippen molar-refractivity contribution in [2.75, 3.05) is 0 Å². The van der Waals surface area contributed by atoms with Gasteiger partial charge >= 0.3 is 11.9 Å². The van der Waals surface area contributed by atoms with E-state index in [1.807, 2.05) is 27.7 Å². The highest BCUT2D eigenvalue weighted by molar-refractivity contribution is 5.87. The maximum Gasteiger partial charge on any atom is 0.333 e. The Balaban J connectivity index is 2.07. The number of hydrogen-bond donors (Lipinski definition) is 1. The van der Waals surface area contributed by atoms with E-state index >= 15 is 0 Å². The van der Waals surface area contributed by atoms with Crippen LogP contribution in [0.15, 0.2) is 11.6 Å². The van der Waals surface area contributed by atoms with Gasteiger partial charge in [-0.05, 0) is 39.5 Å². The van der Waals surface area contributed by atoms with E-state index in [9.17, 15) is 14.7 Å². The van der Waals surface area contributed by atoms with Gasteiger partial charge in [0.05, 0.1) is 11.2 Å². The highest BCUT2D eigenvalue weighted by Crippen LogP contribution is 2.64. The average Bonchev–Trinajstić information content (AvgIpc) is 3.17.